The Morgan fingerprint density at radius 1 is 1.10 bits per heavy atom. The molecule has 1 N–H and O–H groups in total. The summed E-state index contributed by atoms with van der Waals surface area (Å²) in [7, 11) is 0. The molecule has 0 fully saturated rings. The van der Waals surface area contributed by atoms with Crippen molar-refractivity contribution in [2.45, 2.75) is 12.5 Å². The summed E-state index contributed by atoms with van der Waals surface area (Å²) in [6.07, 6.45) is 4.63. The lowest BCUT2D eigenvalue weighted by atomic mass is 10.0. The fourth-order valence-corrected chi connectivity index (χ4v) is 3.69. The van der Waals surface area contributed by atoms with Crippen molar-refractivity contribution < 1.29 is 24.2 Å². The van der Waals surface area contributed by atoms with Crippen LogP contribution in [0.15, 0.2) is 60.8 Å². The monoisotopic (exact) mass is 389 g/mol. The molecule has 0 saturated carbocycles. The molecular formula is C21H15N3O5. The number of hydrogen-bond donors (Lipinski definition) is 1. The van der Waals surface area contributed by atoms with E-state index in [9.17, 15) is 14.7 Å². The second-order valence-corrected chi connectivity index (χ2v) is 6.71. The highest BCUT2D eigenvalue weighted by atomic mass is 16.7. The zero-order valence-electron chi connectivity index (χ0n) is 15.1. The summed E-state index contributed by atoms with van der Waals surface area (Å²) in [6.45, 7) is 0.0206. The summed E-state index contributed by atoms with van der Waals surface area (Å²) in [4.78, 5) is 35.8. The Morgan fingerprint density at radius 3 is 2.66 bits per heavy atom. The molecule has 29 heavy (non-hydrogen) atoms. The molecule has 0 spiro atoms. The average molecular weight is 389 g/mol. The molecule has 2 aliphatic rings. The molecule has 144 valence electrons. The zero-order valence-corrected chi connectivity index (χ0v) is 15.1. The van der Waals surface area contributed by atoms with Crippen molar-refractivity contribution >= 4 is 22.8 Å². The van der Waals surface area contributed by atoms with Crippen LogP contribution in [0.5, 0.6) is 5.75 Å². The molecule has 8 heteroatoms. The molecule has 1 unspecified atom stereocenters. The van der Waals surface area contributed by atoms with E-state index in [1.807, 2.05) is 30.3 Å². The predicted octanol–water partition coefficient (Wildman–Crippen LogP) is 2.39. The minimum Gasteiger partial charge on any atom is -0.505 e. The fourth-order valence-electron chi connectivity index (χ4n) is 3.69. The van der Waals surface area contributed by atoms with Crippen LogP contribution < -0.4 is 0 Å². The van der Waals surface area contributed by atoms with Gasteiger partial charge in [-0.3, -0.25) is 19.5 Å². The van der Waals surface area contributed by atoms with Gasteiger partial charge in [-0.2, -0.15) is 0 Å². The summed E-state index contributed by atoms with van der Waals surface area (Å²) < 4.78 is 10.7. The third kappa shape index (κ3) is 2.68. The SMILES string of the molecule is O=C1c2cc3nccnc3c(O)c2C(=O)N1C(Cc1ccccc1)C1=COCO1. The van der Waals surface area contributed by atoms with Gasteiger partial charge >= 0.3 is 0 Å². The van der Waals surface area contributed by atoms with E-state index in [1.165, 1.54) is 24.7 Å². The second kappa shape index (κ2) is 6.59. The smallest absolute Gasteiger partial charge is 0.266 e. The van der Waals surface area contributed by atoms with E-state index in [-0.39, 0.29) is 29.2 Å². The van der Waals surface area contributed by atoms with Gasteiger partial charge in [0.2, 0.25) is 6.79 Å². The van der Waals surface area contributed by atoms with Gasteiger partial charge in [-0.1, -0.05) is 30.3 Å². The molecule has 8 nitrogen and oxygen atoms in total. The van der Waals surface area contributed by atoms with E-state index in [4.69, 9.17) is 9.47 Å². The molecule has 2 aromatic carbocycles. The van der Waals surface area contributed by atoms with Crippen LogP contribution in [0.4, 0.5) is 0 Å². The number of ether oxygens (including phenoxy) is 2. The van der Waals surface area contributed by atoms with Gasteiger partial charge in [0.1, 0.15) is 17.8 Å². The number of aromatic nitrogens is 2. The number of carbonyl (C=O) groups excluding carboxylic acids is 2. The molecule has 5 rings (SSSR count). The summed E-state index contributed by atoms with van der Waals surface area (Å²) >= 11 is 0. The number of carbonyl (C=O) groups is 2. The van der Waals surface area contributed by atoms with Crippen molar-refractivity contribution in [3.05, 3.63) is 77.5 Å². The lowest BCUT2D eigenvalue weighted by Gasteiger charge is -2.26. The Morgan fingerprint density at radius 2 is 1.90 bits per heavy atom. The number of nitrogens with zero attached hydrogens (tertiary/aromatic N) is 3. The number of imide groups is 1. The van der Waals surface area contributed by atoms with E-state index in [1.54, 1.807) is 0 Å². The minimum atomic E-state index is -0.712. The number of phenols is 1. The second-order valence-electron chi connectivity index (χ2n) is 6.71. The normalized spacial score (nSPS) is 16.4. The number of amides is 2. The standard InChI is InChI=1S/C21H15N3O5/c25-19-17-13(9-14-18(19)23-7-6-22-14)20(26)24(21(17)27)15(16-10-28-11-29-16)8-12-4-2-1-3-5-12/h1-7,9-10,15,25H,8,11H2. The first-order chi connectivity index (χ1) is 14.1. The van der Waals surface area contributed by atoms with Gasteiger partial charge in [0.05, 0.1) is 16.6 Å². The van der Waals surface area contributed by atoms with E-state index in [0.29, 0.717) is 17.7 Å². The van der Waals surface area contributed by atoms with E-state index >= 15 is 0 Å². The molecule has 1 atom stereocenters. The van der Waals surface area contributed by atoms with Crippen LogP contribution in [0.1, 0.15) is 26.3 Å². The minimum absolute atomic E-state index is 0.0206. The molecule has 0 aliphatic carbocycles. The first-order valence-electron chi connectivity index (χ1n) is 8.98. The van der Waals surface area contributed by atoms with Crippen LogP contribution in [0.2, 0.25) is 0 Å². The maximum atomic E-state index is 13.2. The molecule has 3 aromatic rings. The van der Waals surface area contributed by atoms with Gasteiger partial charge in [0.25, 0.3) is 11.8 Å². The molecular weight excluding hydrogens is 374 g/mol. The third-order valence-electron chi connectivity index (χ3n) is 5.03. The van der Waals surface area contributed by atoms with Crippen molar-refractivity contribution in [1.29, 1.82) is 0 Å². The Kier molecular flexibility index (Phi) is 3.90. The van der Waals surface area contributed by atoms with Gasteiger partial charge < -0.3 is 14.6 Å². The molecule has 0 saturated heterocycles. The molecule has 2 amide bonds. The summed E-state index contributed by atoms with van der Waals surface area (Å²) in [5.74, 6) is -1.09. The van der Waals surface area contributed by atoms with Crippen LogP contribution >= 0.6 is 0 Å². The Balaban J connectivity index is 1.61. The van der Waals surface area contributed by atoms with Crippen LogP contribution in [0, 0.1) is 0 Å². The number of rotatable bonds is 4. The Bertz CT molecular complexity index is 1180. The fraction of sp³-hybridized carbons (Fsp3) is 0.143. The third-order valence-corrected chi connectivity index (χ3v) is 5.03. The quantitative estimate of drug-likeness (QED) is 0.684. The van der Waals surface area contributed by atoms with Gasteiger partial charge in [0.15, 0.2) is 11.5 Å². The topological polar surface area (TPSA) is 102 Å². The van der Waals surface area contributed by atoms with Crippen LogP contribution in [-0.4, -0.2) is 44.6 Å². The van der Waals surface area contributed by atoms with Crippen molar-refractivity contribution in [3.63, 3.8) is 0 Å². The molecule has 3 heterocycles. The van der Waals surface area contributed by atoms with Crippen molar-refractivity contribution in [2.75, 3.05) is 6.79 Å². The summed E-state index contributed by atoms with van der Waals surface area (Å²) in [5.41, 5.74) is 1.46. The lowest BCUT2D eigenvalue weighted by Crippen LogP contribution is -2.42. The lowest BCUT2D eigenvalue weighted by molar-refractivity contribution is 0.0451. The van der Waals surface area contributed by atoms with Crippen LogP contribution in [-0.2, 0) is 15.9 Å². The summed E-state index contributed by atoms with van der Waals surface area (Å²) in [6, 6.07) is 10.2. The highest BCUT2D eigenvalue weighted by Gasteiger charge is 2.45. The Labute approximate surface area is 165 Å². The molecule has 0 radical (unpaired) electrons. The number of hydrogen-bond acceptors (Lipinski definition) is 7. The van der Waals surface area contributed by atoms with Crippen molar-refractivity contribution in [3.8, 4) is 5.75 Å². The highest BCUT2D eigenvalue weighted by Crippen LogP contribution is 2.38. The first kappa shape index (κ1) is 17.2. The maximum absolute atomic E-state index is 13.2. The van der Waals surface area contributed by atoms with Gasteiger partial charge in [-0.15, -0.1) is 0 Å². The average Bonchev–Trinajstić information content (AvgIpc) is 3.35. The van der Waals surface area contributed by atoms with E-state index in [0.717, 1.165) is 10.5 Å². The zero-order chi connectivity index (χ0) is 20.0. The van der Waals surface area contributed by atoms with Gasteiger partial charge in [-0.05, 0) is 11.6 Å². The molecule has 2 aliphatic heterocycles. The van der Waals surface area contributed by atoms with Gasteiger partial charge in [-0.25, -0.2) is 4.98 Å². The molecule has 0 bridgehead atoms. The largest absolute Gasteiger partial charge is 0.505 e. The molecule has 1 aromatic heterocycles. The van der Waals surface area contributed by atoms with Crippen molar-refractivity contribution in [2.24, 2.45) is 0 Å². The summed E-state index contributed by atoms with van der Waals surface area (Å²) in [5, 5.41) is 10.6. The van der Waals surface area contributed by atoms with Crippen LogP contribution in [0.3, 0.4) is 0 Å². The number of benzene rings is 2. The van der Waals surface area contributed by atoms with E-state index in [2.05, 4.69) is 9.97 Å². The van der Waals surface area contributed by atoms with Crippen molar-refractivity contribution in [1.82, 2.24) is 14.9 Å². The highest BCUT2D eigenvalue weighted by molar-refractivity contribution is 6.25. The predicted molar refractivity (Wildman–Crippen MR) is 101 cm³/mol. The van der Waals surface area contributed by atoms with E-state index < -0.39 is 17.9 Å². The van der Waals surface area contributed by atoms with Crippen LogP contribution in [0.25, 0.3) is 11.0 Å². The maximum Gasteiger partial charge on any atom is 0.266 e. The van der Waals surface area contributed by atoms with Gasteiger partial charge in [0, 0.05) is 18.8 Å². The number of fused-ring (bicyclic) bond motifs is 2. The first-order valence-corrected chi connectivity index (χ1v) is 8.98. The Hall–Kier alpha value is -3.94. The number of phenolic OH excluding ortho intramolecular Hbond substituents is 1. The number of aromatic hydroxyl groups is 1.